The van der Waals surface area contributed by atoms with Crippen LogP contribution in [0.2, 0.25) is 0 Å². The van der Waals surface area contributed by atoms with Crippen molar-refractivity contribution in [2.75, 3.05) is 0 Å². The molecule has 0 aromatic heterocycles. The summed E-state index contributed by atoms with van der Waals surface area (Å²) in [7, 11) is 2.75. The Kier molecular flexibility index (Phi) is 465. The van der Waals surface area contributed by atoms with Crippen LogP contribution in [0.4, 0.5) is 0 Å². The average molecular weight is 113 g/mol. The molecule has 0 saturated carbocycles. The summed E-state index contributed by atoms with van der Waals surface area (Å²) in [5.41, 5.74) is 4.25. The molecule has 24 valence electrons. The molecule has 0 aromatic carbocycles. The molecule has 0 aromatic rings. The maximum atomic E-state index is 4.25. The summed E-state index contributed by atoms with van der Waals surface area (Å²) in [5, 5.41) is 0. The third-order valence-corrected chi connectivity index (χ3v) is 0. The number of hydrogen-bond donors (Lipinski definition) is 1. The average Bonchev–Trinajstić information content (AvgIpc) is 1.00. The molecule has 0 heterocycles. The van der Waals surface area contributed by atoms with Crippen molar-refractivity contribution in [1.82, 2.24) is 0 Å². The van der Waals surface area contributed by atoms with Crippen LogP contribution in [-0.2, 0) is 19.5 Å². The maximum Gasteiger partial charge on any atom is 0 e. The molecule has 0 aliphatic heterocycles. The molecule has 0 rings (SSSR count). The Bertz CT molecular complexity index is 8.00. The molecular formula is CH6NOZn-. The van der Waals surface area contributed by atoms with Crippen molar-refractivity contribution in [2.24, 2.45) is 5.73 Å². The van der Waals surface area contributed by atoms with Crippen LogP contribution in [0.25, 0.3) is 0 Å². The molecule has 4 heavy (non-hydrogen) atoms. The smallest absolute Gasteiger partial charge is 0 e. The van der Waals surface area contributed by atoms with Crippen molar-refractivity contribution in [3.05, 3.63) is 7.05 Å². The van der Waals surface area contributed by atoms with Gasteiger partial charge in [0.05, 0.1) is 0 Å². The van der Waals surface area contributed by atoms with Crippen LogP contribution in [0.15, 0.2) is 0 Å². The van der Waals surface area contributed by atoms with Crippen LogP contribution in [-0.4, -0.2) is 5.48 Å². The molecule has 0 spiro atoms. The summed E-state index contributed by atoms with van der Waals surface area (Å²) in [6, 6.07) is 0. The third kappa shape index (κ3) is 20.5. The van der Waals surface area contributed by atoms with Gasteiger partial charge in [0, 0.05) is 19.5 Å². The molecule has 0 amide bonds. The molecule has 0 saturated heterocycles. The van der Waals surface area contributed by atoms with Gasteiger partial charge in [0.1, 0.15) is 0 Å². The molecule has 0 unspecified atom stereocenters. The maximum absolute atomic E-state index is 4.25. The van der Waals surface area contributed by atoms with Crippen LogP contribution in [0.3, 0.4) is 0 Å². The summed E-state index contributed by atoms with van der Waals surface area (Å²) in [5.74, 6) is 0. The molecule has 3 heteroatoms. The molecule has 0 bridgehead atoms. The number of hydrogen-bond acceptors (Lipinski definition) is 1. The first-order valence-corrected chi connectivity index (χ1v) is 0.408. The fourth-order valence-electron chi connectivity index (χ4n) is 0. The predicted octanol–water partition coefficient (Wildman–Crippen LogP) is -1.09. The summed E-state index contributed by atoms with van der Waals surface area (Å²) < 4.78 is 0. The first kappa shape index (κ1) is 23.9. The predicted molar refractivity (Wildman–Crippen MR) is 13.2 cm³/mol. The van der Waals surface area contributed by atoms with E-state index in [0.29, 0.717) is 0 Å². The van der Waals surface area contributed by atoms with Gasteiger partial charge in [-0.25, -0.2) is 0 Å². The van der Waals surface area contributed by atoms with Crippen LogP contribution in [0.5, 0.6) is 0 Å². The monoisotopic (exact) mass is 112 g/mol. The molecule has 4 N–H and O–H groups in total. The van der Waals surface area contributed by atoms with Gasteiger partial charge in [0.15, 0.2) is 0 Å². The molecule has 2 nitrogen and oxygen atoms in total. The van der Waals surface area contributed by atoms with E-state index in [1.807, 2.05) is 0 Å². The van der Waals surface area contributed by atoms with Crippen LogP contribution in [0.1, 0.15) is 0 Å². The van der Waals surface area contributed by atoms with Gasteiger partial charge in [0.2, 0.25) is 0 Å². The number of rotatable bonds is 0. The van der Waals surface area contributed by atoms with Crippen molar-refractivity contribution in [3.63, 3.8) is 0 Å². The topological polar surface area (TPSA) is 57.5 Å². The Morgan fingerprint density at radius 3 is 1.25 bits per heavy atom. The van der Waals surface area contributed by atoms with E-state index >= 15 is 0 Å². The van der Waals surface area contributed by atoms with Crippen molar-refractivity contribution in [2.45, 2.75) is 0 Å². The zero-order chi connectivity index (χ0) is 2.00. The quantitative estimate of drug-likeness (QED) is 0.315. The van der Waals surface area contributed by atoms with Crippen LogP contribution in [0, 0.1) is 7.05 Å². The molecular weight excluding hydrogens is 107 g/mol. The first-order chi connectivity index (χ1) is 1.00. The van der Waals surface area contributed by atoms with E-state index in [9.17, 15) is 0 Å². The summed E-state index contributed by atoms with van der Waals surface area (Å²) >= 11 is 0. The SMILES string of the molecule is O.[CH2-]N.[Zn]. The van der Waals surface area contributed by atoms with Crippen molar-refractivity contribution < 1.29 is 25.0 Å². The Hall–Kier alpha value is 0.543. The minimum Gasteiger partial charge on any atom is -0.486 e. The Morgan fingerprint density at radius 2 is 1.25 bits per heavy atom. The van der Waals surface area contributed by atoms with Gasteiger partial charge < -0.3 is 11.2 Å². The minimum atomic E-state index is 0. The number of nitrogens with two attached hydrogens (primary N) is 1. The first-order valence-electron chi connectivity index (χ1n) is 0.408. The molecule has 0 aliphatic carbocycles. The second kappa shape index (κ2) is 77.6. The molecule has 0 atom stereocenters. The third-order valence-electron chi connectivity index (χ3n) is 0. The second-order valence-electron chi connectivity index (χ2n) is 0. The van der Waals surface area contributed by atoms with Gasteiger partial charge in [-0.2, -0.15) is 0 Å². The van der Waals surface area contributed by atoms with E-state index < -0.39 is 0 Å². The second-order valence-corrected chi connectivity index (χ2v) is 0. The largest absolute Gasteiger partial charge is 0.486 e. The Labute approximate surface area is 38.4 Å². The van der Waals surface area contributed by atoms with Crippen LogP contribution >= 0.6 is 0 Å². The van der Waals surface area contributed by atoms with Gasteiger partial charge in [-0.15, -0.1) is 0 Å². The minimum absolute atomic E-state index is 0. The van der Waals surface area contributed by atoms with E-state index in [2.05, 4.69) is 12.8 Å². The molecule has 0 radical (unpaired) electrons. The fourth-order valence-corrected chi connectivity index (χ4v) is 0. The van der Waals surface area contributed by atoms with Crippen molar-refractivity contribution in [3.8, 4) is 0 Å². The standard InChI is InChI=1S/CH4N.H2O.Zn/c1-2;;/h1-2H2;1H2;/q-1;;. The van der Waals surface area contributed by atoms with Gasteiger partial charge in [0.25, 0.3) is 0 Å². The summed E-state index contributed by atoms with van der Waals surface area (Å²) in [6.07, 6.45) is 0. The van der Waals surface area contributed by atoms with Gasteiger partial charge in [-0.1, -0.05) is 0 Å². The van der Waals surface area contributed by atoms with Gasteiger partial charge in [-0.3, -0.25) is 7.05 Å². The zero-order valence-electron chi connectivity index (χ0n) is 2.49. The van der Waals surface area contributed by atoms with E-state index in [1.165, 1.54) is 0 Å². The normalized spacial score (nSPS) is 1.50. The van der Waals surface area contributed by atoms with E-state index in [-0.39, 0.29) is 25.0 Å². The van der Waals surface area contributed by atoms with Gasteiger partial charge in [-0.05, 0) is 0 Å². The van der Waals surface area contributed by atoms with Crippen molar-refractivity contribution >= 4 is 0 Å². The zero-order valence-corrected chi connectivity index (χ0v) is 5.46. The Balaban J connectivity index is -0.00000000500. The van der Waals surface area contributed by atoms with Crippen LogP contribution < -0.4 is 5.73 Å². The molecule has 0 aliphatic rings. The van der Waals surface area contributed by atoms with E-state index in [4.69, 9.17) is 0 Å². The Morgan fingerprint density at radius 1 is 1.25 bits per heavy atom. The van der Waals surface area contributed by atoms with Gasteiger partial charge >= 0.3 is 0 Å². The van der Waals surface area contributed by atoms with Crippen molar-refractivity contribution in [1.29, 1.82) is 0 Å². The summed E-state index contributed by atoms with van der Waals surface area (Å²) in [4.78, 5) is 0. The molecule has 0 fully saturated rings. The van der Waals surface area contributed by atoms with E-state index in [0.717, 1.165) is 0 Å². The fraction of sp³-hybridized carbons (Fsp3) is 0. The summed E-state index contributed by atoms with van der Waals surface area (Å²) in [6.45, 7) is 0. The van der Waals surface area contributed by atoms with E-state index in [1.54, 1.807) is 0 Å².